The van der Waals surface area contributed by atoms with E-state index in [0.29, 0.717) is 25.4 Å². The van der Waals surface area contributed by atoms with Crippen molar-refractivity contribution in [3.63, 3.8) is 0 Å². The summed E-state index contributed by atoms with van der Waals surface area (Å²) in [6.07, 6.45) is 2.29. The SMILES string of the molecule is CCNC(=NCCc1csc(C)n1)NCCNC(=O)c1ccco1.I. The van der Waals surface area contributed by atoms with Crippen molar-refractivity contribution in [1.29, 1.82) is 0 Å². The molecule has 0 fully saturated rings. The van der Waals surface area contributed by atoms with Crippen molar-refractivity contribution in [2.75, 3.05) is 26.2 Å². The van der Waals surface area contributed by atoms with E-state index in [1.54, 1.807) is 23.5 Å². The number of furan rings is 1. The van der Waals surface area contributed by atoms with E-state index in [-0.39, 0.29) is 29.9 Å². The standard InChI is InChI=1S/C16H23N5O2S.HI/c1-3-17-16(19-7-6-13-11-24-12(2)21-13)20-9-8-18-15(22)14-5-4-10-23-14;/h4-5,10-11H,3,6-9H2,1-2H3,(H,18,22)(H2,17,19,20);1H. The molecule has 1 amide bonds. The number of nitrogens with one attached hydrogen (secondary N) is 3. The van der Waals surface area contributed by atoms with Crippen LogP contribution in [0.15, 0.2) is 33.2 Å². The molecule has 0 saturated heterocycles. The summed E-state index contributed by atoms with van der Waals surface area (Å²) in [4.78, 5) is 20.7. The fraction of sp³-hybridized carbons (Fsp3) is 0.438. The topological polar surface area (TPSA) is 91.5 Å². The number of carbonyl (C=O) groups excluding carboxylic acids is 1. The van der Waals surface area contributed by atoms with Crippen LogP contribution >= 0.6 is 35.3 Å². The lowest BCUT2D eigenvalue weighted by Gasteiger charge is -2.11. The lowest BCUT2D eigenvalue weighted by molar-refractivity contribution is 0.0926. The van der Waals surface area contributed by atoms with Crippen molar-refractivity contribution in [3.8, 4) is 0 Å². The summed E-state index contributed by atoms with van der Waals surface area (Å²) in [5.41, 5.74) is 1.07. The van der Waals surface area contributed by atoms with E-state index in [4.69, 9.17) is 4.42 Å². The van der Waals surface area contributed by atoms with Crippen LogP contribution in [-0.4, -0.2) is 43.0 Å². The molecule has 9 heteroatoms. The maximum absolute atomic E-state index is 11.7. The molecule has 0 aliphatic carbocycles. The first-order valence-electron chi connectivity index (χ1n) is 7.94. The smallest absolute Gasteiger partial charge is 0.287 e. The predicted molar refractivity (Wildman–Crippen MR) is 111 cm³/mol. The van der Waals surface area contributed by atoms with Gasteiger partial charge in [0.25, 0.3) is 5.91 Å². The van der Waals surface area contributed by atoms with E-state index in [0.717, 1.165) is 29.6 Å². The molecule has 0 aliphatic rings. The van der Waals surface area contributed by atoms with Gasteiger partial charge in [-0.15, -0.1) is 35.3 Å². The van der Waals surface area contributed by atoms with Crippen LogP contribution in [0.2, 0.25) is 0 Å². The number of hydrogen-bond acceptors (Lipinski definition) is 5. The highest BCUT2D eigenvalue weighted by atomic mass is 127. The van der Waals surface area contributed by atoms with Gasteiger partial charge in [-0.25, -0.2) is 4.98 Å². The van der Waals surface area contributed by atoms with Gasteiger partial charge in [-0.05, 0) is 26.0 Å². The van der Waals surface area contributed by atoms with Gasteiger partial charge in [0.05, 0.1) is 17.0 Å². The van der Waals surface area contributed by atoms with Gasteiger partial charge in [-0.3, -0.25) is 9.79 Å². The Hall–Kier alpha value is -1.62. The van der Waals surface area contributed by atoms with Crippen molar-refractivity contribution in [1.82, 2.24) is 20.9 Å². The van der Waals surface area contributed by atoms with Crippen LogP contribution in [0, 0.1) is 6.92 Å². The Labute approximate surface area is 168 Å². The molecule has 2 aromatic heterocycles. The van der Waals surface area contributed by atoms with Crippen LogP contribution in [0.1, 0.15) is 28.2 Å². The highest BCUT2D eigenvalue weighted by molar-refractivity contribution is 14.0. The second kappa shape index (κ2) is 11.9. The summed E-state index contributed by atoms with van der Waals surface area (Å²) in [5.74, 6) is 0.827. The molecule has 2 rings (SSSR count). The van der Waals surface area contributed by atoms with Crippen LogP contribution in [0.4, 0.5) is 0 Å². The fourth-order valence-corrected chi connectivity index (χ4v) is 2.65. The zero-order valence-electron chi connectivity index (χ0n) is 14.4. The third kappa shape index (κ3) is 7.86. The number of hydrogen-bond donors (Lipinski definition) is 3. The molecule has 0 aliphatic heterocycles. The third-order valence-electron chi connectivity index (χ3n) is 3.10. The number of halogens is 1. The number of rotatable bonds is 8. The Morgan fingerprint density at radius 2 is 2.12 bits per heavy atom. The fourth-order valence-electron chi connectivity index (χ4n) is 2.00. The number of carbonyl (C=O) groups is 1. The number of aromatic nitrogens is 1. The van der Waals surface area contributed by atoms with E-state index in [2.05, 4.69) is 31.3 Å². The molecule has 0 saturated carbocycles. The number of nitrogens with zero attached hydrogens (tertiary/aromatic N) is 2. The lowest BCUT2D eigenvalue weighted by atomic mass is 10.3. The minimum Gasteiger partial charge on any atom is -0.459 e. The Bertz CT molecular complexity index is 657. The molecule has 0 atom stereocenters. The first kappa shape index (κ1) is 21.4. The minimum atomic E-state index is -0.220. The number of thiazole rings is 1. The van der Waals surface area contributed by atoms with Crippen molar-refractivity contribution < 1.29 is 9.21 Å². The van der Waals surface area contributed by atoms with Crippen molar-refractivity contribution in [2.24, 2.45) is 4.99 Å². The Morgan fingerprint density at radius 3 is 2.76 bits per heavy atom. The molecule has 25 heavy (non-hydrogen) atoms. The number of amides is 1. The van der Waals surface area contributed by atoms with Gasteiger partial charge < -0.3 is 20.4 Å². The van der Waals surface area contributed by atoms with Crippen molar-refractivity contribution in [3.05, 3.63) is 40.2 Å². The first-order chi connectivity index (χ1) is 11.7. The van der Waals surface area contributed by atoms with Gasteiger partial charge in [-0.1, -0.05) is 0 Å². The monoisotopic (exact) mass is 477 g/mol. The summed E-state index contributed by atoms with van der Waals surface area (Å²) in [6.45, 7) is 6.51. The molecular formula is C16H24IN5O2S. The van der Waals surface area contributed by atoms with Crippen molar-refractivity contribution in [2.45, 2.75) is 20.3 Å². The highest BCUT2D eigenvalue weighted by Crippen LogP contribution is 2.08. The lowest BCUT2D eigenvalue weighted by Crippen LogP contribution is -2.41. The van der Waals surface area contributed by atoms with E-state index >= 15 is 0 Å². The van der Waals surface area contributed by atoms with Crippen LogP contribution in [0.25, 0.3) is 0 Å². The molecule has 0 aromatic carbocycles. The number of guanidine groups is 1. The summed E-state index contributed by atoms with van der Waals surface area (Å²) >= 11 is 1.65. The van der Waals surface area contributed by atoms with Crippen LogP contribution in [0.5, 0.6) is 0 Å². The average Bonchev–Trinajstić information content (AvgIpc) is 3.23. The summed E-state index contributed by atoms with van der Waals surface area (Å²) in [5, 5.41) is 12.3. The Kier molecular flexibility index (Phi) is 10.2. The molecule has 0 bridgehead atoms. The maximum Gasteiger partial charge on any atom is 0.287 e. The Morgan fingerprint density at radius 1 is 1.32 bits per heavy atom. The van der Waals surface area contributed by atoms with Crippen molar-refractivity contribution >= 4 is 47.2 Å². The summed E-state index contributed by atoms with van der Waals surface area (Å²) in [6, 6.07) is 3.32. The Balaban J connectivity index is 0.00000312. The van der Waals surface area contributed by atoms with E-state index in [9.17, 15) is 4.79 Å². The molecule has 7 nitrogen and oxygen atoms in total. The average molecular weight is 477 g/mol. The third-order valence-corrected chi connectivity index (χ3v) is 3.92. The second-order valence-electron chi connectivity index (χ2n) is 5.03. The van der Waals surface area contributed by atoms with E-state index < -0.39 is 0 Å². The second-order valence-corrected chi connectivity index (χ2v) is 6.09. The molecule has 0 spiro atoms. The predicted octanol–water partition coefficient (Wildman–Crippen LogP) is 2.19. The number of aryl methyl sites for hydroxylation is 1. The molecule has 138 valence electrons. The molecule has 3 N–H and O–H groups in total. The maximum atomic E-state index is 11.7. The highest BCUT2D eigenvalue weighted by Gasteiger charge is 2.06. The van der Waals surface area contributed by atoms with Gasteiger partial charge in [0.2, 0.25) is 0 Å². The minimum absolute atomic E-state index is 0. The van der Waals surface area contributed by atoms with Gasteiger partial charge >= 0.3 is 0 Å². The molecule has 0 radical (unpaired) electrons. The van der Waals surface area contributed by atoms with Gasteiger partial charge in [-0.2, -0.15) is 0 Å². The van der Waals surface area contributed by atoms with Crippen LogP contribution < -0.4 is 16.0 Å². The molecule has 2 aromatic rings. The number of aliphatic imine (C=N–C) groups is 1. The quantitative estimate of drug-likeness (QED) is 0.235. The molecule has 0 unspecified atom stereocenters. The zero-order valence-corrected chi connectivity index (χ0v) is 17.5. The van der Waals surface area contributed by atoms with Crippen LogP contribution in [-0.2, 0) is 6.42 Å². The molecule has 2 heterocycles. The summed E-state index contributed by atoms with van der Waals surface area (Å²) in [7, 11) is 0. The first-order valence-corrected chi connectivity index (χ1v) is 8.82. The van der Waals surface area contributed by atoms with E-state index in [1.165, 1.54) is 6.26 Å². The zero-order chi connectivity index (χ0) is 17.2. The normalized spacial score (nSPS) is 10.9. The van der Waals surface area contributed by atoms with Gasteiger partial charge in [0.1, 0.15) is 0 Å². The van der Waals surface area contributed by atoms with E-state index in [1.807, 2.05) is 13.8 Å². The largest absolute Gasteiger partial charge is 0.459 e. The van der Waals surface area contributed by atoms with Crippen LogP contribution in [0.3, 0.4) is 0 Å². The molecular weight excluding hydrogens is 453 g/mol. The van der Waals surface area contributed by atoms with Gasteiger partial charge in [0.15, 0.2) is 11.7 Å². The van der Waals surface area contributed by atoms with Gasteiger partial charge in [0, 0.05) is 38.0 Å². The summed E-state index contributed by atoms with van der Waals surface area (Å²) < 4.78 is 5.04.